The second-order valence-electron chi connectivity index (χ2n) is 11.9. The van der Waals surface area contributed by atoms with E-state index in [1.807, 2.05) is 11.8 Å². The fourth-order valence-electron chi connectivity index (χ4n) is 7.38. The first kappa shape index (κ1) is 29.3. The highest BCUT2D eigenvalue weighted by Gasteiger charge is 2.69. The van der Waals surface area contributed by atoms with Crippen molar-refractivity contribution in [3.05, 3.63) is 28.3 Å². The molecule has 222 valence electrons. The van der Waals surface area contributed by atoms with Crippen LogP contribution < -0.4 is 5.73 Å². The molecule has 0 saturated heterocycles. The van der Waals surface area contributed by atoms with Crippen LogP contribution in [0.2, 0.25) is 0 Å². The van der Waals surface area contributed by atoms with Gasteiger partial charge in [0.15, 0.2) is 34.7 Å². The Bertz CT molecular complexity index is 1370. The van der Waals surface area contributed by atoms with Gasteiger partial charge < -0.3 is 15.9 Å². The van der Waals surface area contributed by atoms with E-state index in [4.69, 9.17) is 5.73 Å². The number of hydrogen-bond donors (Lipinski definition) is 3. The van der Waals surface area contributed by atoms with E-state index >= 15 is 0 Å². The highest BCUT2D eigenvalue weighted by atomic mass is 19.4. The maximum absolute atomic E-state index is 14.6. The number of amides is 1. The lowest BCUT2D eigenvalue weighted by Gasteiger charge is -2.52. The summed E-state index contributed by atoms with van der Waals surface area (Å²) >= 11 is 0. The first-order valence-corrected chi connectivity index (χ1v) is 13.6. The zero-order chi connectivity index (χ0) is 30.3. The van der Waals surface area contributed by atoms with Crippen molar-refractivity contribution in [2.75, 3.05) is 20.6 Å². The molecule has 0 aromatic heterocycles. The topological polar surface area (TPSA) is 158 Å². The molecule has 3 saturated carbocycles. The SMILES string of the molecule is CCN(Cc1cc(O)c2c(c1C(F)(F)F)C[C@H]1C[C@H]3[C@H](N(C)C)C(=O)C(C(N)=O)C(=O)[C@@]3(O)C(=O)C1C2=O)C1CC1. The maximum atomic E-state index is 14.6. The van der Waals surface area contributed by atoms with Gasteiger partial charge in [-0.1, -0.05) is 6.92 Å². The molecule has 0 bridgehead atoms. The number of Topliss-reactive ketones (excluding diaryl/α,β-unsaturated/α-hetero) is 4. The van der Waals surface area contributed by atoms with E-state index < -0.39 is 99.4 Å². The van der Waals surface area contributed by atoms with Crippen LogP contribution in [0.25, 0.3) is 0 Å². The van der Waals surface area contributed by atoms with Crippen LogP contribution in [0.5, 0.6) is 5.75 Å². The Morgan fingerprint density at radius 3 is 2.29 bits per heavy atom. The first-order valence-electron chi connectivity index (χ1n) is 13.6. The number of primary amides is 1. The van der Waals surface area contributed by atoms with Crippen LogP contribution >= 0.6 is 0 Å². The number of halogens is 3. The molecule has 10 nitrogen and oxygen atoms in total. The molecule has 1 aromatic carbocycles. The molecule has 4 aliphatic carbocycles. The first-order chi connectivity index (χ1) is 19.0. The van der Waals surface area contributed by atoms with Gasteiger partial charge in [-0.25, -0.2) is 0 Å². The van der Waals surface area contributed by atoms with E-state index in [1.165, 1.54) is 19.0 Å². The second-order valence-corrected chi connectivity index (χ2v) is 11.9. The van der Waals surface area contributed by atoms with Crippen molar-refractivity contribution in [3.8, 4) is 5.75 Å². The number of ketones is 4. The summed E-state index contributed by atoms with van der Waals surface area (Å²) in [5, 5.41) is 22.5. The molecular formula is C28H32F3N3O7. The van der Waals surface area contributed by atoms with Gasteiger partial charge in [-0.15, -0.1) is 0 Å². The Morgan fingerprint density at radius 1 is 1.15 bits per heavy atom. The van der Waals surface area contributed by atoms with Crippen molar-refractivity contribution in [1.82, 2.24) is 9.80 Å². The van der Waals surface area contributed by atoms with Crippen LogP contribution in [0, 0.1) is 23.7 Å². The van der Waals surface area contributed by atoms with Gasteiger partial charge in [0, 0.05) is 18.5 Å². The number of carbonyl (C=O) groups is 5. The third-order valence-corrected chi connectivity index (χ3v) is 9.27. The van der Waals surface area contributed by atoms with Gasteiger partial charge in [0.25, 0.3) is 0 Å². The molecule has 0 heterocycles. The molecule has 6 atom stereocenters. The largest absolute Gasteiger partial charge is 0.507 e. The molecule has 2 unspecified atom stereocenters. The van der Waals surface area contributed by atoms with Gasteiger partial charge in [0.2, 0.25) is 5.91 Å². The fourth-order valence-corrected chi connectivity index (χ4v) is 7.38. The minimum Gasteiger partial charge on any atom is -0.507 e. The van der Waals surface area contributed by atoms with Crippen LogP contribution in [0.4, 0.5) is 13.2 Å². The molecule has 0 radical (unpaired) electrons. The summed E-state index contributed by atoms with van der Waals surface area (Å²) in [6.45, 7) is 2.21. The summed E-state index contributed by atoms with van der Waals surface area (Å²) in [5.41, 5.74) is 0.0130. The van der Waals surface area contributed by atoms with Gasteiger partial charge in [-0.3, -0.25) is 33.8 Å². The molecule has 1 amide bonds. The van der Waals surface area contributed by atoms with Crippen LogP contribution in [-0.2, 0) is 38.3 Å². The Labute approximate surface area is 233 Å². The van der Waals surface area contributed by atoms with Gasteiger partial charge in [-0.2, -0.15) is 13.2 Å². The highest BCUT2D eigenvalue weighted by molar-refractivity contribution is 6.32. The van der Waals surface area contributed by atoms with Gasteiger partial charge in [0.05, 0.1) is 23.1 Å². The van der Waals surface area contributed by atoms with Crippen molar-refractivity contribution in [1.29, 1.82) is 0 Å². The Balaban J connectivity index is 1.65. The lowest BCUT2D eigenvalue weighted by atomic mass is 9.52. The smallest absolute Gasteiger partial charge is 0.417 e. The number of fused-ring (bicyclic) bond motifs is 3. The highest BCUT2D eigenvalue weighted by Crippen LogP contribution is 2.53. The zero-order valence-electron chi connectivity index (χ0n) is 22.8. The molecule has 13 heteroatoms. The predicted octanol–water partition coefficient (Wildman–Crippen LogP) is 0.870. The summed E-state index contributed by atoms with van der Waals surface area (Å²) in [5.74, 6) is -13.3. The van der Waals surface area contributed by atoms with Crippen LogP contribution in [-0.4, -0.2) is 87.4 Å². The lowest BCUT2D eigenvalue weighted by molar-refractivity contribution is -0.181. The number of carbonyl (C=O) groups excluding carboxylic acids is 5. The Morgan fingerprint density at radius 2 is 1.78 bits per heavy atom. The van der Waals surface area contributed by atoms with Crippen molar-refractivity contribution in [2.45, 2.75) is 63.0 Å². The fraction of sp³-hybridized carbons (Fsp3) is 0.607. The molecule has 3 fully saturated rings. The van der Waals surface area contributed by atoms with E-state index in [0.717, 1.165) is 18.9 Å². The summed E-state index contributed by atoms with van der Waals surface area (Å²) in [6, 6.07) is -0.298. The van der Waals surface area contributed by atoms with Gasteiger partial charge in [0.1, 0.15) is 5.75 Å². The third kappa shape index (κ3) is 4.31. The molecule has 4 aliphatic rings. The van der Waals surface area contributed by atoms with Gasteiger partial charge >= 0.3 is 6.18 Å². The van der Waals surface area contributed by atoms with Crippen molar-refractivity contribution in [3.63, 3.8) is 0 Å². The lowest BCUT2D eigenvalue weighted by Crippen LogP contribution is -2.74. The number of phenols is 1. The number of nitrogens with two attached hydrogens (primary N) is 1. The van der Waals surface area contributed by atoms with Crippen molar-refractivity contribution < 1.29 is 47.4 Å². The molecule has 41 heavy (non-hydrogen) atoms. The number of hydrogen-bond acceptors (Lipinski definition) is 9. The number of aliphatic hydroxyl groups is 1. The van der Waals surface area contributed by atoms with E-state index in [0.29, 0.717) is 6.54 Å². The van der Waals surface area contributed by atoms with E-state index in [1.54, 1.807) is 0 Å². The van der Waals surface area contributed by atoms with E-state index in [9.17, 15) is 47.4 Å². The summed E-state index contributed by atoms with van der Waals surface area (Å²) in [7, 11) is 2.86. The average molecular weight is 580 g/mol. The predicted molar refractivity (Wildman–Crippen MR) is 135 cm³/mol. The molecule has 5 rings (SSSR count). The number of benzene rings is 1. The molecule has 4 N–H and O–H groups in total. The molecule has 1 aromatic rings. The minimum absolute atomic E-state index is 0.0966. The van der Waals surface area contributed by atoms with Crippen molar-refractivity contribution >= 4 is 29.0 Å². The molecule has 0 spiro atoms. The minimum atomic E-state index is -4.89. The molecule has 0 aliphatic heterocycles. The van der Waals surface area contributed by atoms with Crippen LogP contribution in [0.15, 0.2) is 6.07 Å². The second kappa shape index (κ2) is 9.70. The number of nitrogens with zero attached hydrogens (tertiary/aromatic N) is 2. The van der Waals surface area contributed by atoms with E-state index in [-0.39, 0.29) is 24.6 Å². The monoisotopic (exact) mass is 579 g/mol. The van der Waals surface area contributed by atoms with Crippen molar-refractivity contribution in [2.24, 2.45) is 29.4 Å². The summed E-state index contributed by atoms with van der Waals surface area (Å²) in [6.07, 6.45) is -3.96. The Hall–Kier alpha value is -3.16. The molecular weight excluding hydrogens is 547 g/mol. The number of rotatable bonds is 6. The van der Waals surface area contributed by atoms with E-state index in [2.05, 4.69) is 0 Å². The normalized spacial score (nSPS) is 31.8. The number of likely N-dealkylation sites (N-methyl/N-ethyl adjacent to an activating group) is 1. The average Bonchev–Trinajstić information content (AvgIpc) is 3.68. The van der Waals surface area contributed by atoms with Crippen LogP contribution in [0.1, 0.15) is 53.2 Å². The summed E-state index contributed by atoms with van der Waals surface area (Å²) < 4.78 is 43.9. The summed E-state index contributed by atoms with van der Waals surface area (Å²) in [4.78, 5) is 69.3. The Kier molecular flexibility index (Phi) is 6.94. The zero-order valence-corrected chi connectivity index (χ0v) is 22.8. The third-order valence-electron chi connectivity index (χ3n) is 9.27. The van der Waals surface area contributed by atoms with Gasteiger partial charge in [-0.05, 0) is 69.4 Å². The maximum Gasteiger partial charge on any atom is 0.417 e. The number of phenolic OH excluding ortho intramolecular Hbond substituents is 1. The number of alkyl halides is 3. The quantitative estimate of drug-likeness (QED) is 0.416. The number of aromatic hydroxyl groups is 1. The standard InChI is InChI=1S/C28H32F3N3O7/c1-4-34(13-5-6-13)10-12-9-16(35)18-14(20(12)28(29,30)31)7-11-8-15-21(33(2)3)23(37)19(26(32)40)25(39)27(15,41)24(38)17(11)22(18)36/h9,11,13,15,17,19,21,35,41H,4-8,10H2,1-3H3,(H2,32,40)/t11-,15-,17?,19?,21-,27-/m0/s1. The van der Waals surface area contributed by atoms with Crippen LogP contribution in [0.3, 0.4) is 0 Å².